The number of carbonyl (C=O) groups excluding carboxylic acids is 2. The molecule has 0 saturated carbocycles. The number of halogens is 2. The Morgan fingerprint density at radius 1 is 1.14 bits per heavy atom. The highest BCUT2D eigenvalue weighted by atomic mass is 35.5. The Bertz CT molecular complexity index is 992. The van der Waals surface area contributed by atoms with Gasteiger partial charge in [0, 0.05) is 22.9 Å². The number of carbonyl (C=O) groups is 2. The van der Waals surface area contributed by atoms with Gasteiger partial charge in [-0.15, -0.1) is 11.3 Å². The number of amides is 2. The summed E-state index contributed by atoms with van der Waals surface area (Å²) in [5.74, 6) is -0.450. The maximum atomic E-state index is 12.5. The smallest absolute Gasteiger partial charge is 0.228 e. The fourth-order valence-electron chi connectivity index (χ4n) is 2.69. The van der Waals surface area contributed by atoms with Crippen molar-refractivity contribution in [3.63, 3.8) is 0 Å². The Labute approximate surface area is 176 Å². The number of thiazole rings is 1. The number of hydrogen-bond donors (Lipinski definition) is 2. The number of nitrogens with one attached hydrogen (secondary N) is 2. The predicted molar refractivity (Wildman–Crippen MR) is 114 cm³/mol. The summed E-state index contributed by atoms with van der Waals surface area (Å²) in [6, 6.07) is 14.1. The third-order valence-corrected chi connectivity index (χ3v) is 5.25. The molecule has 0 aliphatic heterocycles. The van der Waals surface area contributed by atoms with Crippen LogP contribution in [0.4, 0.5) is 5.13 Å². The van der Waals surface area contributed by atoms with Gasteiger partial charge in [-0.05, 0) is 23.8 Å². The summed E-state index contributed by atoms with van der Waals surface area (Å²) >= 11 is 13.5. The number of nitrogens with zero attached hydrogens (tertiary/aromatic N) is 1. The van der Waals surface area contributed by atoms with Crippen LogP contribution in [0.2, 0.25) is 10.0 Å². The van der Waals surface area contributed by atoms with Crippen molar-refractivity contribution in [1.29, 1.82) is 0 Å². The van der Waals surface area contributed by atoms with Crippen LogP contribution in [0.3, 0.4) is 0 Å². The van der Waals surface area contributed by atoms with Crippen molar-refractivity contribution in [3.8, 4) is 11.3 Å². The van der Waals surface area contributed by atoms with Gasteiger partial charge in [0.1, 0.15) is 0 Å². The molecule has 0 radical (unpaired) electrons. The van der Waals surface area contributed by atoms with E-state index in [0.29, 0.717) is 26.4 Å². The normalized spacial score (nSPS) is 11.7. The predicted octanol–water partition coefficient (Wildman–Crippen LogP) is 5.32. The maximum absolute atomic E-state index is 12.5. The van der Waals surface area contributed by atoms with Gasteiger partial charge in [0.15, 0.2) is 5.13 Å². The third kappa shape index (κ3) is 5.32. The van der Waals surface area contributed by atoms with E-state index < -0.39 is 6.04 Å². The van der Waals surface area contributed by atoms with Crippen molar-refractivity contribution < 1.29 is 9.59 Å². The Morgan fingerprint density at radius 2 is 1.89 bits per heavy atom. The van der Waals surface area contributed by atoms with Crippen LogP contribution in [0, 0.1) is 0 Å². The molecule has 8 heteroatoms. The van der Waals surface area contributed by atoms with Crippen molar-refractivity contribution in [3.05, 3.63) is 69.5 Å². The molecule has 1 aromatic heterocycles. The van der Waals surface area contributed by atoms with Gasteiger partial charge in [0.2, 0.25) is 11.8 Å². The van der Waals surface area contributed by atoms with Gasteiger partial charge in [0.25, 0.3) is 0 Å². The molecule has 2 aromatic carbocycles. The Balaban J connectivity index is 1.71. The van der Waals surface area contributed by atoms with Crippen LogP contribution in [0.15, 0.2) is 53.9 Å². The Morgan fingerprint density at radius 3 is 2.61 bits per heavy atom. The van der Waals surface area contributed by atoms with Gasteiger partial charge in [-0.2, -0.15) is 0 Å². The summed E-state index contributed by atoms with van der Waals surface area (Å²) in [6.07, 6.45) is 0.0937. The highest BCUT2D eigenvalue weighted by Crippen LogP contribution is 2.32. The molecule has 2 N–H and O–H groups in total. The number of benzene rings is 2. The summed E-state index contributed by atoms with van der Waals surface area (Å²) in [4.78, 5) is 28.4. The molecule has 0 aliphatic carbocycles. The van der Waals surface area contributed by atoms with Gasteiger partial charge in [-0.3, -0.25) is 9.59 Å². The monoisotopic (exact) mass is 433 g/mol. The van der Waals surface area contributed by atoms with E-state index in [1.807, 2.05) is 30.3 Å². The van der Waals surface area contributed by atoms with Crippen molar-refractivity contribution in [2.75, 3.05) is 5.32 Å². The Hall–Kier alpha value is -2.41. The molecular weight excluding hydrogens is 417 g/mol. The van der Waals surface area contributed by atoms with Crippen molar-refractivity contribution >= 4 is 51.5 Å². The lowest BCUT2D eigenvalue weighted by Gasteiger charge is -2.17. The number of anilines is 1. The number of aromatic nitrogens is 1. The minimum atomic E-state index is -0.416. The second-order valence-corrected chi connectivity index (χ2v) is 7.78. The molecule has 2 amide bonds. The minimum absolute atomic E-state index is 0.0937. The lowest BCUT2D eigenvalue weighted by molar-refractivity contribution is -0.120. The highest BCUT2D eigenvalue weighted by molar-refractivity contribution is 7.14. The van der Waals surface area contributed by atoms with Crippen LogP contribution in [0.25, 0.3) is 11.3 Å². The van der Waals surface area contributed by atoms with Gasteiger partial charge in [-0.1, -0.05) is 53.5 Å². The lowest BCUT2D eigenvalue weighted by Crippen LogP contribution is -2.29. The van der Waals surface area contributed by atoms with Crippen LogP contribution in [-0.2, 0) is 9.59 Å². The molecule has 0 fully saturated rings. The van der Waals surface area contributed by atoms with Crippen molar-refractivity contribution in [2.24, 2.45) is 0 Å². The highest BCUT2D eigenvalue weighted by Gasteiger charge is 2.18. The molecule has 0 bridgehead atoms. The molecule has 1 heterocycles. The number of rotatable bonds is 6. The quantitative estimate of drug-likeness (QED) is 0.552. The molecule has 1 atom stereocenters. The first kappa shape index (κ1) is 20.3. The molecule has 28 heavy (non-hydrogen) atoms. The molecule has 0 spiro atoms. The molecule has 3 rings (SSSR count). The topological polar surface area (TPSA) is 71.1 Å². The average molecular weight is 434 g/mol. The second kappa shape index (κ2) is 9.19. The fraction of sp³-hybridized carbons (Fsp3) is 0.150. The van der Waals surface area contributed by atoms with Crippen LogP contribution in [-0.4, -0.2) is 16.8 Å². The van der Waals surface area contributed by atoms with Gasteiger partial charge < -0.3 is 10.6 Å². The lowest BCUT2D eigenvalue weighted by atomic mass is 10.0. The van der Waals surface area contributed by atoms with Crippen LogP contribution < -0.4 is 10.6 Å². The molecule has 5 nitrogen and oxygen atoms in total. The fourth-order valence-corrected chi connectivity index (χ4v) is 3.80. The largest absolute Gasteiger partial charge is 0.349 e. The van der Waals surface area contributed by atoms with E-state index >= 15 is 0 Å². The standard InChI is InChI=1S/C20H17Cl2N3O2S/c1-12(26)23-17(13-5-3-2-4-6-13)10-19(27)25-20-24-18(11-28-20)15-9-14(21)7-8-16(15)22/h2-9,11,17H,10H2,1H3,(H,23,26)(H,24,25,27). The van der Waals surface area contributed by atoms with Gasteiger partial charge in [-0.25, -0.2) is 4.98 Å². The van der Waals surface area contributed by atoms with Crippen LogP contribution >= 0.6 is 34.5 Å². The third-order valence-electron chi connectivity index (χ3n) is 3.92. The molecule has 144 valence electrons. The molecule has 1 unspecified atom stereocenters. The summed E-state index contributed by atoms with van der Waals surface area (Å²) in [6.45, 7) is 1.43. The van der Waals surface area contributed by atoms with E-state index in [0.717, 1.165) is 5.56 Å². The average Bonchev–Trinajstić information content (AvgIpc) is 3.11. The summed E-state index contributed by atoms with van der Waals surface area (Å²) < 4.78 is 0. The van der Waals surface area contributed by atoms with Crippen molar-refractivity contribution in [2.45, 2.75) is 19.4 Å². The van der Waals surface area contributed by atoms with E-state index in [1.165, 1.54) is 18.3 Å². The number of hydrogen-bond acceptors (Lipinski definition) is 4. The van der Waals surface area contributed by atoms with E-state index in [-0.39, 0.29) is 18.2 Å². The Kier molecular flexibility index (Phi) is 6.67. The summed E-state index contributed by atoms with van der Waals surface area (Å²) in [7, 11) is 0. The first-order chi connectivity index (χ1) is 13.4. The molecule has 3 aromatic rings. The first-order valence-corrected chi connectivity index (χ1v) is 10.1. The zero-order valence-electron chi connectivity index (χ0n) is 14.9. The van der Waals surface area contributed by atoms with E-state index in [2.05, 4.69) is 15.6 Å². The van der Waals surface area contributed by atoms with E-state index in [4.69, 9.17) is 23.2 Å². The molecule has 0 saturated heterocycles. The zero-order valence-corrected chi connectivity index (χ0v) is 17.2. The molecule has 0 aliphatic rings. The second-order valence-electron chi connectivity index (χ2n) is 6.08. The molecular formula is C20H17Cl2N3O2S. The van der Waals surface area contributed by atoms with Gasteiger partial charge in [0.05, 0.1) is 23.2 Å². The van der Waals surface area contributed by atoms with Gasteiger partial charge >= 0.3 is 0 Å². The maximum Gasteiger partial charge on any atom is 0.228 e. The zero-order chi connectivity index (χ0) is 20.1. The summed E-state index contributed by atoms with van der Waals surface area (Å²) in [5.41, 5.74) is 2.19. The first-order valence-electron chi connectivity index (χ1n) is 8.45. The SMILES string of the molecule is CC(=O)NC(CC(=O)Nc1nc(-c2cc(Cl)ccc2Cl)cs1)c1ccccc1. The van der Waals surface area contributed by atoms with E-state index in [9.17, 15) is 9.59 Å². The van der Waals surface area contributed by atoms with Crippen LogP contribution in [0.5, 0.6) is 0 Å². The minimum Gasteiger partial charge on any atom is -0.349 e. The van der Waals surface area contributed by atoms with E-state index in [1.54, 1.807) is 23.6 Å². The van der Waals surface area contributed by atoms with Crippen LogP contribution in [0.1, 0.15) is 24.9 Å². The van der Waals surface area contributed by atoms with Crippen molar-refractivity contribution in [1.82, 2.24) is 10.3 Å². The summed E-state index contributed by atoms with van der Waals surface area (Å²) in [5, 5.41) is 8.93.